The van der Waals surface area contributed by atoms with E-state index in [9.17, 15) is 0 Å². The maximum atomic E-state index is 6.12. The number of fused-ring (bicyclic) bond motifs is 3. The predicted molar refractivity (Wildman–Crippen MR) is 105 cm³/mol. The number of aromatic nitrogens is 3. The van der Waals surface area contributed by atoms with E-state index in [4.69, 9.17) is 4.74 Å². The lowest BCUT2D eigenvalue weighted by Gasteiger charge is -2.15. The predicted octanol–water partition coefficient (Wildman–Crippen LogP) is 4.49. The van der Waals surface area contributed by atoms with Crippen LogP contribution < -0.4 is 10.1 Å². The molecule has 4 rings (SSSR count). The summed E-state index contributed by atoms with van der Waals surface area (Å²) in [6.45, 7) is 2.06. The number of hydrogen-bond donors (Lipinski definition) is 1. The van der Waals surface area contributed by atoms with Gasteiger partial charge in [0, 0.05) is 11.3 Å². The number of benzene rings is 2. The van der Waals surface area contributed by atoms with Crippen LogP contribution in [0.3, 0.4) is 0 Å². The first-order chi connectivity index (χ1) is 12.8. The molecule has 1 aliphatic rings. The van der Waals surface area contributed by atoms with Crippen LogP contribution in [0.1, 0.15) is 12.5 Å². The van der Waals surface area contributed by atoms with Gasteiger partial charge in [-0.15, -0.1) is 10.2 Å². The zero-order valence-corrected chi connectivity index (χ0v) is 15.1. The van der Waals surface area contributed by atoms with Gasteiger partial charge in [0.1, 0.15) is 0 Å². The van der Waals surface area contributed by atoms with Gasteiger partial charge in [-0.1, -0.05) is 73.3 Å². The third kappa shape index (κ3) is 3.55. The van der Waals surface area contributed by atoms with Crippen molar-refractivity contribution >= 4 is 23.5 Å². The summed E-state index contributed by atoms with van der Waals surface area (Å²) < 4.78 is 6.12. The lowest BCUT2D eigenvalue weighted by molar-refractivity contribution is 0.266. The molecule has 0 fully saturated rings. The fourth-order valence-electron chi connectivity index (χ4n) is 2.71. The molecule has 5 nitrogen and oxygen atoms in total. The van der Waals surface area contributed by atoms with Gasteiger partial charge in [0.15, 0.2) is 11.9 Å². The highest BCUT2D eigenvalue weighted by molar-refractivity contribution is 7.99. The van der Waals surface area contributed by atoms with Crippen molar-refractivity contribution in [1.29, 1.82) is 0 Å². The molecule has 2 heterocycles. The number of para-hydroxylation sites is 1. The Balaban J connectivity index is 1.72. The second-order valence-corrected chi connectivity index (χ2v) is 6.91. The molecule has 0 aliphatic carbocycles. The first-order valence-corrected chi connectivity index (χ1v) is 9.45. The van der Waals surface area contributed by atoms with Crippen LogP contribution in [0, 0.1) is 0 Å². The Labute approximate surface area is 156 Å². The molecular formula is C20H18N4OS. The van der Waals surface area contributed by atoms with Gasteiger partial charge in [-0.05, 0) is 23.5 Å². The average Bonchev–Trinajstić information content (AvgIpc) is 2.83. The number of anilines is 1. The molecule has 130 valence electrons. The van der Waals surface area contributed by atoms with Crippen LogP contribution in [0.25, 0.3) is 17.3 Å². The van der Waals surface area contributed by atoms with Crippen molar-refractivity contribution in [3.05, 3.63) is 66.2 Å². The van der Waals surface area contributed by atoms with Gasteiger partial charge in [0.2, 0.25) is 11.0 Å². The van der Waals surface area contributed by atoms with Gasteiger partial charge in [0.25, 0.3) is 0 Å². The second kappa shape index (κ2) is 7.58. The molecule has 0 saturated carbocycles. The molecule has 0 radical (unpaired) electrons. The summed E-state index contributed by atoms with van der Waals surface area (Å²) in [7, 11) is 0. The Kier molecular flexibility index (Phi) is 4.84. The van der Waals surface area contributed by atoms with E-state index in [1.165, 1.54) is 0 Å². The normalized spacial score (nSPS) is 15.5. The molecule has 0 spiro atoms. The summed E-state index contributed by atoms with van der Waals surface area (Å²) >= 11 is 1.54. The molecule has 1 aromatic heterocycles. The molecule has 1 N–H and O–H groups in total. The number of hydrogen-bond acceptors (Lipinski definition) is 6. The van der Waals surface area contributed by atoms with Crippen molar-refractivity contribution < 1.29 is 4.74 Å². The largest absolute Gasteiger partial charge is 0.448 e. The van der Waals surface area contributed by atoms with Crippen molar-refractivity contribution in [2.24, 2.45) is 0 Å². The smallest absolute Gasteiger partial charge is 0.247 e. The van der Waals surface area contributed by atoms with Gasteiger partial charge in [-0.25, -0.2) is 0 Å². The highest BCUT2D eigenvalue weighted by atomic mass is 32.2. The third-order valence-corrected chi connectivity index (χ3v) is 4.61. The molecule has 6 heteroatoms. The zero-order valence-electron chi connectivity index (χ0n) is 14.3. The fourth-order valence-corrected chi connectivity index (χ4v) is 3.21. The Bertz CT molecular complexity index is 930. The molecular weight excluding hydrogens is 344 g/mol. The van der Waals surface area contributed by atoms with Crippen LogP contribution in [0.4, 0.5) is 5.69 Å². The molecule has 2 aromatic carbocycles. The van der Waals surface area contributed by atoms with Crippen molar-refractivity contribution in [2.45, 2.75) is 18.3 Å². The number of thioether (sulfide) groups is 1. The van der Waals surface area contributed by atoms with E-state index in [2.05, 4.69) is 39.6 Å². The topological polar surface area (TPSA) is 59.9 Å². The maximum Gasteiger partial charge on any atom is 0.247 e. The van der Waals surface area contributed by atoms with E-state index in [0.29, 0.717) is 16.7 Å². The lowest BCUT2D eigenvalue weighted by Crippen LogP contribution is -2.23. The van der Waals surface area contributed by atoms with Crippen LogP contribution >= 0.6 is 11.8 Å². The molecule has 26 heavy (non-hydrogen) atoms. The van der Waals surface area contributed by atoms with Crippen LogP contribution in [0.15, 0.2) is 65.8 Å². The SMILES string of the molecule is CCSc1nnc2c(n1)OC(/C=C/c1ccccc1)Nc1ccccc1-2. The molecule has 1 unspecified atom stereocenters. The summed E-state index contributed by atoms with van der Waals surface area (Å²) in [6.07, 6.45) is 3.66. The van der Waals surface area contributed by atoms with E-state index in [-0.39, 0.29) is 6.23 Å². The van der Waals surface area contributed by atoms with Gasteiger partial charge in [-0.2, -0.15) is 4.98 Å². The average molecular weight is 362 g/mol. The standard InChI is InChI=1S/C20H18N4OS/c1-2-26-20-22-19-18(23-24-20)15-10-6-7-11-16(15)21-17(25-19)13-12-14-8-4-3-5-9-14/h3-13,17,21H,2H2,1H3/b13-12+. The Morgan fingerprint density at radius 3 is 2.73 bits per heavy atom. The summed E-state index contributed by atoms with van der Waals surface area (Å²) in [6, 6.07) is 18.1. The minimum atomic E-state index is -0.353. The van der Waals surface area contributed by atoms with Crippen molar-refractivity contribution in [1.82, 2.24) is 15.2 Å². The first-order valence-electron chi connectivity index (χ1n) is 8.47. The maximum absolute atomic E-state index is 6.12. The number of nitrogens with one attached hydrogen (secondary N) is 1. The van der Waals surface area contributed by atoms with Gasteiger partial charge in [-0.3, -0.25) is 0 Å². The van der Waals surface area contributed by atoms with Crippen molar-refractivity contribution in [3.8, 4) is 17.1 Å². The molecule has 1 atom stereocenters. The lowest BCUT2D eigenvalue weighted by atomic mass is 10.1. The molecule has 1 aliphatic heterocycles. The molecule has 0 bridgehead atoms. The van der Waals surface area contributed by atoms with Crippen molar-refractivity contribution in [2.75, 3.05) is 11.1 Å². The summed E-state index contributed by atoms with van der Waals surface area (Å²) in [4.78, 5) is 4.56. The minimum Gasteiger partial charge on any atom is -0.448 e. The molecule has 0 saturated heterocycles. The third-order valence-electron chi connectivity index (χ3n) is 3.89. The summed E-state index contributed by atoms with van der Waals surface area (Å²) in [5.74, 6) is 1.38. The Morgan fingerprint density at radius 1 is 1.08 bits per heavy atom. The van der Waals surface area contributed by atoms with Crippen LogP contribution in [0.5, 0.6) is 5.88 Å². The summed E-state index contributed by atoms with van der Waals surface area (Å²) in [5, 5.41) is 12.6. The van der Waals surface area contributed by atoms with Gasteiger partial charge >= 0.3 is 0 Å². The Morgan fingerprint density at radius 2 is 1.88 bits per heavy atom. The van der Waals surface area contributed by atoms with Crippen LogP contribution in [-0.2, 0) is 0 Å². The van der Waals surface area contributed by atoms with Crippen molar-refractivity contribution in [3.63, 3.8) is 0 Å². The fraction of sp³-hybridized carbons (Fsp3) is 0.150. The van der Waals surface area contributed by atoms with E-state index >= 15 is 0 Å². The van der Waals surface area contributed by atoms with E-state index in [1.807, 2.05) is 54.6 Å². The number of rotatable bonds is 4. The summed E-state index contributed by atoms with van der Waals surface area (Å²) in [5.41, 5.74) is 3.65. The van der Waals surface area contributed by atoms with Gasteiger partial charge in [0.05, 0.1) is 0 Å². The van der Waals surface area contributed by atoms with E-state index in [1.54, 1.807) is 11.8 Å². The molecule has 3 aromatic rings. The quantitative estimate of drug-likeness (QED) is 0.690. The first kappa shape index (κ1) is 16.6. The van der Waals surface area contributed by atoms with Crippen LogP contribution in [-0.4, -0.2) is 27.2 Å². The van der Waals surface area contributed by atoms with E-state index < -0.39 is 0 Å². The number of nitrogens with zero attached hydrogens (tertiary/aromatic N) is 3. The van der Waals surface area contributed by atoms with Crippen LogP contribution in [0.2, 0.25) is 0 Å². The monoisotopic (exact) mass is 362 g/mol. The number of ether oxygens (including phenoxy) is 1. The second-order valence-electron chi connectivity index (χ2n) is 5.68. The minimum absolute atomic E-state index is 0.353. The zero-order chi connectivity index (χ0) is 17.8. The Hall–Kier alpha value is -2.86. The van der Waals surface area contributed by atoms with Gasteiger partial charge < -0.3 is 10.1 Å². The molecule has 0 amide bonds. The van der Waals surface area contributed by atoms with E-state index in [0.717, 1.165) is 22.6 Å². The highest BCUT2D eigenvalue weighted by Crippen LogP contribution is 2.36. The highest BCUT2D eigenvalue weighted by Gasteiger charge is 2.23.